The van der Waals surface area contributed by atoms with Crippen molar-refractivity contribution in [1.82, 2.24) is 50.4 Å². The van der Waals surface area contributed by atoms with Crippen LogP contribution in [0.15, 0.2) is 96.2 Å². The first kappa shape index (κ1) is 70.9. The van der Waals surface area contributed by atoms with E-state index in [4.69, 9.17) is 42.4 Å². The van der Waals surface area contributed by atoms with Gasteiger partial charge in [0, 0.05) is 106 Å². The van der Waals surface area contributed by atoms with Gasteiger partial charge >= 0.3 is 6.03 Å². The maximum Gasteiger partial charge on any atom is 0.326 e. The number of benzene rings is 4. The molecule has 99 heavy (non-hydrogen) atoms. The number of nitrogens with one attached hydrogen (secondary N) is 4. The molecule has 5 atom stereocenters. The first-order valence-electron chi connectivity index (χ1n) is 34.9. The average Bonchev–Trinajstić information content (AvgIpc) is 1.64. The fourth-order valence-electron chi connectivity index (χ4n) is 15.1. The van der Waals surface area contributed by atoms with Crippen LogP contribution in [0.4, 0.5) is 30.9 Å². The molecule has 4 aromatic carbocycles. The molecule has 0 unspecified atom stereocenters. The van der Waals surface area contributed by atoms with Crippen LogP contribution in [-0.2, 0) is 30.5 Å². The smallest absolute Gasteiger partial charge is 0.326 e. The molecule has 7 aliphatic rings. The number of anilines is 3. The van der Waals surface area contributed by atoms with Crippen molar-refractivity contribution in [2.45, 2.75) is 115 Å². The Hall–Kier alpha value is -7.90. The quantitative estimate of drug-likeness (QED) is 0.0423. The van der Waals surface area contributed by atoms with Crippen LogP contribution in [-0.4, -0.2) is 206 Å². The Morgan fingerprint density at radius 2 is 1.44 bits per heavy atom. The zero-order valence-electron chi connectivity index (χ0n) is 57.3. The van der Waals surface area contributed by atoms with E-state index in [1.54, 1.807) is 53.3 Å². The molecule has 12 rings (SSSR count). The van der Waals surface area contributed by atoms with E-state index in [2.05, 4.69) is 59.8 Å². The van der Waals surface area contributed by atoms with Crippen LogP contribution in [0.3, 0.4) is 0 Å². The maximum absolute atomic E-state index is 15.8. The number of nitrogens with zero attached hydrogens (tertiary/aromatic N) is 10. The second-order valence-electron chi connectivity index (χ2n) is 28.6. The molecule has 26 heteroatoms. The number of likely N-dealkylation sites (tertiary alicyclic amines) is 2. The van der Waals surface area contributed by atoms with E-state index >= 15 is 13.6 Å². The van der Waals surface area contributed by atoms with Gasteiger partial charge in [-0.3, -0.25) is 34.0 Å². The number of aliphatic imine (C=N–C) groups is 1. The minimum atomic E-state index is -0.653. The van der Waals surface area contributed by atoms with Crippen molar-refractivity contribution in [3.8, 4) is 11.5 Å². The van der Waals surface area contributed by atoms with Crippen molar-refractivity contribution in [3.05, 3.63) is 135 Å². The number of piperazine rings is 2. The second kappa shape index (κ2) is 31.3. The van der Waals surface area contributed by atoms with E-state index in [-0.39, 0.29) is 86.3 Å². The number of hydrogen-bond acceptors (Lipinski definition) is 16. The number of carbonyl (C=O) groups excluding carboxylic acids is 5. The van der Waals surface area contributed by atoms with Crippen LogP contribution < -0.4 is 40.5 Å². The van der Waals surface area contributed by atoms with Gasteiger partial charge in [-0.1, -0.05) is 61.3 Å². The Bertz CT molecular complexity index is 3730. The highest BCUT2D eigenvalue weighted by molar-refractivity contribution is 6.30. The standard InChI is InChI=1S/C73H92Cl2F2N14O8/c1-47(2)99-61-35-55(97-5)16-17-57(61)70-83-68(48-8-12-53(74)13-9-48)69(49-10-14-54(75)15-11-49)91(70)71(96)89-31-30-88(67(95)43-89)41-64(92)79-24-7-25-86-38-50-32-56(33-51(50)39-86)98-44-66(94)80-23-6-22-78-62-37-63(82-46-81-62)87-28-20-73(21-29-87)45-90(42-65(93)84-73)60-36-58(76)52(34-59(60)77)40-85-26-18-72(3,4)19-27-85/h8-17,34-37,46-47,50-51,56,68-69H,6-7,18-33,38-45H2,1-5H3,(H,79,92)(H,80,94)(H,84,93)(H,78,81,82)/t50-,51+,56-,68-,69+/m0/s1. The second-order valence-corrected chi connectivity index (χ2v) is 29.5. The number of carbonyl (C=O) groups is 5. The fraction of sp³-hybridized carbons (Fsp3) is 0.534. The molecule has 1 spiro atoms. The summed E-state index contributed by atoms with van der Waals surface area (Å²) in [7, 11) is 1.57. The Morgan fingerprint density at radius 3 is 2.14 bits per heavy atom. The molecule has 5 aromatic rings. The van der Waals surface area contributed by atoms with Gasteiger partial charge in [-0.15, -0.1) is 0 Å². The first-order chi connectivity index (χ1) is 47.6. The minimum Gasteiger partial charge on any atom is -0.497 e. The van der Waals surface area contributed by atoms with Gasteiger partial charge in [0.1, 0.15) is 66.1 Å². The van der Waals surface area contributed by atoms with E-state index in [1.807, 2.05) is 50.2 Å². The number of piperidine rings is 2. The maximum atomic E-state index is 15.8. The lowest BCUT2D eigenvalue weighted by atomic mass is 9.82. The summed E-state index contributed by atoms with van der Waals surface area (Å²) in [5, 5.41) is 13.6. The Kier molecular flexibility index (Phi) is 22.5. The van der Waals surface area contributed by atoms with E-state index in [9.17, 15) is 19.2 Å². The molecular formula is C73H92Cl2F2N14O8. The molecule has 5 saturated heterocycles. The van der Waals surface area contributed by atoms with E-state index in [0.717, 1.165) is 81.8 Å². The summed E-state index contributed by atoms with van der Waals surface area (Å²) >= 11 is 12.8. The fourth-order valence-corrected chi connectivity index (χ4v) is 15.4. The summed E-state index contributed by atoms with van der Waals surface area (Å²) in [5.74, 6) is 1.82. The molecule has 1 aliphatic carbocycles. The average molecular weight is 1400 g/mol. The summed E-state index contributed by atoms with van der Waals surface area (Å²) in [6.45, 7) is 16.1. The number of halogens is 4. The molecule has 0 radical (unpaired) electrons. The highest BCUT2D eigenvalue weighted by Crippen LogP contribution is 2.47. The van der Waals surface area contributed by atoms with Crippen LogP contribution in [0.2, 0.25) is 10.0 Å². The molecule has 530 valence electrons. The van der Waals surface area contributed by atoms with Crippen molar-refractivity contribution in [3.63, 3.8) is 0 Å². The van der Waals surface area contributed by atoms with E-state index in [0.29, 0.717) is 121 Å². The van der Waals surface area contributed by atoms with Crippen LogP contribution in [0.1, 0.15) is 113 Å². The number of ether oxygens (including phenoxy) is 3. The zero-order chi connectivity index (χ0) is 69.5. The molecule has 6 amide bonds. The number of aromatic nitrogens is 2. The van der Waals surface area contributed by atoms with Crippen LogP contribution in [0.25, 0.3) is 0 Å². The lowest BCUT2D eigenvalue weighted by Crippen LogP contribution is -2.66. The third-order valence-electron chi connectivity index (χ3n) is 20.6. The molecule has 22 nitrogen and oxygen atoms in total. The van der Waals surface area contributed by atoms with Gasteiger partial charge < -0.3 is 60.0 Å². The molecule has 0 bridgehead atoms. The predicted octanol–water partition coefficient (Wildman–Crippen LogP) is 9.12. The number of fused-ring (bicyclic) bond motifs is 1. The van der Waals surface area contributed by atoms with Crippen LogP contribution in [0, 0.1) is 28.9 Å². The molecule has 6 aliphatic heterocycles. The topological polar surface area (TPSA) is 222 Å². The SMILES string of the molecule is COc1ccc(C2=N[C@@H](c3ccc(Cl)cc3)[C@@H](c3ccc(Cl)cc3)N2C(=O)N2CCN(CC(=O)NCCCN3C[C@H]4C[C@@H](OCC(=O)NCCCNc5cc(N6CCC7(CC6)CN(c6cc(F)c(CN8CCC(C)(C)CC8)cc6F)CC(=O)N7)ncn5)C[C@H]4C3)C(=O)C2)c(OC(C)C)c1. The predicted molar refractivity (Wildman–Crippen MR) is 376 cm³/mol. The monoisotopic (exact) mass is 1400 g/mol. The minimum absolute atomic E-state index is 0.00229. The van der Waals surface area contributed by atoms with Crippen LogP contribution in [0.5, 0.6) is 11.5 Å². The third kappa shape index (κ3) is 17.5. The van der Waals surface area contributed by atoms with Crippen molar-refractivity contribution < 1.29 is 47.0 Å². The summed E-state index contributed by atoms with van der Waals surface area (Å²) in [6.07, 6.45) is 7.73. The largest absolute Gasteiger partial charge is 0.497 e. The van der Waals surface area contributed by atoms with Gasteiger partial charge in [0.25, 0.3) is 0 Å². The Morgan fingerprint density at radius 1 is 0.747 bits per heavy atom. The summed E-state index contributed by atoms with van der Waals surface area (Å²) in [5.41, 5.74) is 2.28. The molecule has 1 saturated carbocycles. The molecule has 6 fully saturated rings. The third-order valence-corrected chi connectivity index (χ3v) is 21.1. The normalized spacial score (nSPS) is 22.4. The number of urea groups is 1. The number of amidine groups is 1. The van der Waals surface area contributed by atoms with Gasteiger partial charge in [-0.05, 0) is 156 Å². The number of amides is 6. The van der Waals surface area contributed by atoms with Crippen molar-refractivity contribution in [2.24, 2.45) is 22.2 Å². The Balaban J connectivity index is 0.531. The number of rotatable bonds is 24. The number of methoxy groups -OCH3 is 1. The summed E-state index contributed by atoms with van der Waals surface area (Å²) in [4.78, 5) is 95.8. The molecule has 4 N–H and O–H groups in total. The van der Waals surface area contributed by atoms with Crippen LogP contribution >= 0.6 is 23.2 Å². The molecule has 7 heterocycles. The van der Waals surface area contributed by atoms with E-state index in [1.165, 1.54) is 28.3 Å². The summed E-state index contributed by atoms with van der Waals surface area (Å²) in [6, 6.07) is 22.9. The Labute approximate surface area is 588 Å². The highest BCUT2D eigenvalue weighted by Gasteiger charge is 2.47. The molecule has 1 aromatic heterocycles. The van der Waals surface area contributed by atoms with Crippen molar-refractivity contribution >= 4 is 76.0 Å². The van der Waals surface area contributed by atoms with Crippen molar-refractivity contribution in [2.75, 3.05) is 134 Å². The zero-order valence-corrected chi connectivity index (χ0v) is 58.8. The lowest BCUT2D eigenvalue weighted by molar-refractivity contribution is -0.139. The van der Waals surface area contributed by atoms with Gasteiger partial charge in [-0.2, -0.15) is 0 Å². The van der Waals surface area contributed by atoms with Gasteiger partial charge in [-0.25, -0.2) is 23.5 Å². The molecular weight excluding hydrogens is 1310 g/mol. The van der Waals surface area contributed by atoms with Gasteiger partial charge in [0.15, 0.2) is 0 Å². The lowest BCUT2D eigenvalue weighted by Gasteiger charge is -2.48. The summed E-state index contributed by atoms with van der Waals surface area (Å²) < 4.78 is 49.4. The number of hydrogen-bond donors (Lipinski definition) is 4. The highest BCUT2D eigenvalue weighted by atomic mass is 35.5. The van der Waals surface area contributed by atoms with Gasteiger partial charge in [0.05, 0.1) is 55.2 Å². The van der Waals surface area contributed by atoms with Crippen molar-refractivity contribution in [1.29, 1.82) is 0 Å². The first-order valence-corrected chi connectivity index (χ1v) is 35.6. The van der Waals surface area contributed by atoms with Gasteiger partial charge in [0.2, 0.25) is 23.6 Å². The van der Waals surface area contributed by atoms with E-state index < -0.39 is 35.3 Å².